The van der Waals surface area contributed by atoms with Gasteiger partial charge in [0, 0.05) is 12.1 Å². The van der Waals surface area contributed by atoms with E-state index in [1.807, 2.05) is 32.0 Å². The highest BCUT2D eigenvalue weighted by Gasteiger charge is 2.06. The fourth-order valence-electron chi connectivity index (χ4n) is 1.38. The van der Waals surface area contributed by atoms with Gasteiger partial charge in [-0.05, 0) is 50.5 Å². The number of amides is 1. The van der Waals surface area contributed by atoms with Crippen LogP contribution in [0.15, 0.2) is 18.2 Å². The Morgan fingerprint density at radius 3 is 2.62 bits per heavy atom. The Hall–Kier alpha value is -1.35. The van der Waals surface area contributed by atoms with Gasteiger partial charge in [-0.3, -0.25) is 4.79 Å². The van der Waals surface area contributed by atoms with Gasteiger partial charge < -0.3 is 10.4 Å². The van der Waals surface area contributed by atoms with Gasteiger partial charge in [0.05, 0.1) is 6.10 Å². The maximum absolute atomic E-state index is 11.7. The van der Waals surface area contributed by atoms with Crippen LogP contribution in [0.2, 0.25) is 0 Å². The normalized spacial score (nSPS) is 12.2. The molecule has 16 heavy (non-hydrogen) atoms. The smallest absolute Gasteiger partial charge is 0.251 e. The summed E-state index contributed by atoms with van der Waals surface area (Å²) >= 11 is 0. The topological polar surface area (TPSA) is 49.3 Å². The fraction of sp³-hybridized carbons (Fsp3) is 0.462. The summed E-state index contributed by atoms with van der Waals surface area (Å²) in [5, 5.41) is 11.8. The second kappa shape index (κ2) is 5.66. The SMILES string of the molecule is Cc1ccc(C(=O)NCCC(C)O)cc1C. The van der Waals surface area contributed by atoms with Gasteiger partial charge in [0.15, 0.2) is 0 Å². The number of nitrogens with one attached hydrogen (secondary N) is 1. The average molecular weight is 221 g/mol. The van der Waals surface area contributed by atoms with Crippen LogP contribution in [0.1, 0.15) is 34.8 Å². The number of aryl methyl sites for hydroxylation is 2. The molecule has 0 fully saturated rings. The molecule has 1 aromatic carbocycles. The summed E-state index contributed by atoms with van der Waals surface area (Å²) in [5.41, 5.74) is 2.97. The van der Waals surface area contributed by atoms with Gasteiger partial charge in [-0.15, -0.1) is 0 Å². The Morgan fingerprint density at radius 2 is 2.06 bits per heavy atom. The summed E-state index contributed by atoms with van der Waals surface area (Å²) in [6.45, 7) is 6.22. The molecule has 0 aliphatic rings. The maximum atomic E-state index is 11.7. The molecule has 0 aliphatic heterocycles. The van der Waals surface area contributed by atoms with Crippen molar-refractivity contribution in [3.63, 3.8) is 0 Å². The van der Waals surface area contributed by atoms with Crippen LogP contribution >= 0.6 is 0 Å². The van der Waals surface area contributed by atoms with Crippen molar-refractivity contribution in [3.8, 4) is 0 Å². The second-order valence-corrected chi connectivity index (χ2v) is 4.19. The molecule has 88 valence electrons. The molecule has 1 aromatic rings. The molecule has 1 unspecified atom stereocenters. The third kappa shape index (κ3) is 3.66. The Balaban J connectivity index is 2.56. The molecule has 0 aliphatic carbocycles. The van der Waals surface area contributed by atoms with E-state index in [1.165, 1.54) is 5.56 Å². The summed E-state index contributed by atoms with van der Waals surface area (Å²) in [6, 6.07) is 5.64. The van der Waals surface area contributed by atoms with Gasteiger partial charge in [-0.1, -0.05) is 6.07 Å². The van der Waals surface area contributed by atoms with Crippen LogP contribution in [0.25, 0.3) is 0 Å². The molecule has 0 spiro atoms. The molecule has 1 atom stereocenters. The minimum absolute atomic E-state index is 0.0799. The van der Waals surface area contributed by atoms with Crippen LogP contribution in [0.3, 0.4) is 0 Å². The van der Waals surface area contributed by atoms with E-state index in [9.17, 15) is 4.79 Å². The first-order chi connectivity index (χ1) is 7.50. The van der Waals surface area contributed by atoms with Crippen LogP contribution in [-0.2, 0) is 0 Å². The van der Waals surface area contributed by atoms with Crippen molar-refractivity contribution in [2.24, 2.45) is 0 Å². The number of hydrogen-bond acceptors (Lipinski definition) is 2. The monoisotopic (exact) mass is 221 g/mol. The Morgan fingerprint density at radius 1 is 1.38 bits per heavy atom. The minimum Gasteiger partial charge on any atom is -0.393 e. The zero-order chi connectivity index (χ0) is 12.1. The average Bonchev–Trinajstić information content (AvgIpc) is 2.21. The van der Waals surface area contributed by atoms with Crippen LogP contribution in [0.5, 0.6) is 0 Å². The van der Waals surface area contributed by atoms with Crippen molar-refractivity contribution >= 4 is 5.91 Å². The Bertz CT molecular complexity index is 372. The quantitative estimate of drug-likeness (QED) is 0.814. The lowest BCUT2D eigenvalue weighted by molar-refractivity contribution is 0.0945. The Labute approximate surface area is 96.5 Å². The zero-order valence-electron chi connectivity index (χ0n) is 10.1. The van der Waals surface area contributed by atoms with Gasteiger partial charge >= 0.3 is 0 Å². The highest BCUT2D eigenvalue weighted by Crippen LogP contribution is 2.09. The van der Waals surface area contributed by atoms with Crippen molar-refractivity contribution in [2.75, 3.05) is 6.54 Å². The minimum atomic E-state index is -0.375. The predicted molar refractivity (Wildman–Crippen MR) is 64.5 cm³/mol. The molecular weight excluding hydrogens is 202 g/mol. The lowest BCUT2D eigenvalue weighted by atomic mass is 10.1. The van der Waals surface area contributed by atoms with Gasteiger partial charge in [-0.2, -0.15) is 0 Å². The highest BCUT2D eigenvalue weighted by molar-refractivity contribution is 5.94. The molecule has 0 radical (unpaired) electrons. The van der Waals surface area contributed by atoms with Gasteiger partial charge in [0.1, 0.15) is 0 Å². The standard InChI is InChI=1S/C13H19NO2/c1-9-4-5-12(8-10(9)2)13(16)14-7-6-11(3)15/h4-5,8,11,15H,6-7H2,1-3H3,(H,14,16). The fourth-order valence-corrected chi connectivity index (χ4v) is 1.38. The lowest BCUT2D eigenvalue weighted by Crippen LogP contribution is -2.26. The number of aliphatic hydroxyl groups is 1. The van der Waals surface area contributed by atoms with E-state index in [1.54, 1.807) is 6.92 Å². The van der Waals surface area contributed by atoms with E-state index in [0.717, 1.165) is 5.56 Å². The molecule has 0 heterocycles. The van der Waals surface area contributed by atoms with E-state index in [2.05, 4.69) is 5.32 Å². The number of carbonyl (C=O) groups is 1. The number of rotatable bonds is 4. The first-order valence-corrected chi connectivity index (χ1v) is 5.54. The lowest BCUT2D eigenvalue weighted by Gasteiger charge is -2.08. The molecular formula is C13H19NO2. The summed E-state index contributed by atoms with van der Waals surface area (Å²) in [6.07, 6.45) is 0.205. The maximum Gasteiger partial charge on any atom is 0.251 e. The molecule has 1 amide bonds. The summed E-state index contributed by atoms with van der Waals surface area (Å²) in [4.78, 5) is 11.7. The molecule has 0 bridgehead atoms. The molecule has 0 aromatic heterocycles. The molecule has 3 nitrogen and oxygen atoms in total. The van der Waals surface area contributed by atoms with E-state index in [-0.39, 0.29) is 12.0 Å². The molecule has 0 saturated carbocycles. The Kier molecular flexibility index (Phi) is 4.50. The predicted octanol–water partition coefficient (Wildman–Crippen LogP) is 1.80. The van der Waals surface area contributed by atoms with Crippen molar-refractivity contribution in [1.82, 2.24) is 5.32 Å². The van der Waals surface area contributed by atoms with Crippen LogP contribution < -0.4 is 5.32 Å². The van der Waals surface area contributed by atoms with Crippen molar-refractivity contribution in [2.45, 2.75) is 33.3 Å². The van der Waals surface area contributed by atoms with Crippen LogP contribution in [-0.4, -0.2) is 23.7 Å². The van der Waals surface area contributed by atoms with Gasteiger partial charge in [-0.25, -0.2) is 0 Å². The second-order valence-electron chi connectivity index (χ2n) is 4.19. The number of hydrogen-bond donors (Lipinski definition) is 2. The van der Waals surface area contributed by atoms with Gasteiger partial charge in [0.2, 0.25) is 0 Å². The third-order valence-corrected chi connectivity index (χ3v) is 2.62. The summed E-state index contributed by atoms with van der Waals surface area (Å²) in [7, 11) is 0. The van der Waals surface area contributed by atoms with E-state index in [4.69, 9.17) is 5.11 Å². The molecule has 3 heteroatoms. The first-order valence-electron chi connectivity index (χ1n) is 5.54. The van der Waals surface area contributed by atoms with Crippen LogP contribution in [0, 0.1) is 13.8 Å². The molecule has 1 rings (SSSR count). The number of aliphatic hydroxyl groups excluding tert-OH is 1. The van der Waals surface area contributed by atoms with Gasteiger partial charge in [0.25, 0.3) is 5.91 Å². The van der Waals surface area contributed by atoms with Crippen molar-refractivity contribution in [1.29, 1.82) is 0 Å². The number of carbonyl (C=O) groups excluding carboxylic acids is 1. The molecule has 0 saturated heterocycles. The van der Waals surface area contributed by atoms with Crippen molar-refractivity contribution < 1.29 is 9.90 Å². The first kappa shape index (κ1) is 12.7. The third-order valence-electron chi connectivity index (χ3n) is 2.62. The molecule has 2 N–H and O–H groups in total. The van der Waals surface area contributed by atoms with E-state index < -0.39 is 0 Å². The number of benzene rings is 1. The van der Waals surface area contributed by atoms with E-state index in [0.29, 0.717) is 18.5 Å². The largest absolute Gasteiger partial charge is 0.393 e. The van der Waals surface area contributed by atoms with Crippen LogP contribution in [0.4, 0.5) is 0 Å². The summed E-state index contributed by atoms with van der Waals surface area (Å²) < 4.78 is 0. The highest BCUT2D eigenvalue weighted by atomic mass is 16.3. The van der Waals surface area contributed by atoms with Crippen molar-refractivity contribution in [3.05, 3.63) is 34.9 Å². The zero-order valence-corrected chi connectivity index (χ0v) is 10.1. The summed E-state index contributed by atoms with van der Waals surface area (Å²) in [5.74, 6) is -0.0799. The van der Waals surface area contributed by atoms with E-state index >= 15 is 0 Å².